The Hall–Kier alpha value is -2.66. The van der Waals surface area contributed by atoms with Crippen LogP contribution in [0.4, 0.5) is 5.69 Å². The number of thiazole rings is 1. The fourth-order valence-electron chi connectivity index (χ4n) is 1.89. The van der Waals surface area contributed by atoms with Crippen LogP contribution >= 0.6 is 11.3 Å². The van der Waals surface area contributed by atoms with Gasteiger partial charge in [0.05, 0.1) is 11.2 Å². The molecule has 0 radical (unpaired) electrons. The zero-order valence-electron chi connectivity index (χ0n) is 11.9. The average molecular weight is 310 g/mol. The third-order valence-electron chi connectivity index (χ3n) is 2.94. The third kappa shape index (κ3) is 3.51. The number of rotatable bonds is 4. The fourth-order valence-corrected chi connectivity index (χ4v) is 2.56. The molecule has 0 aliphatic carbocycles. The summed E-state index contributed by atoms with van der Waals surface area (Å²) >= 11 is 1.37. The molecule has 4 nitrogen and oxygen atoms in total. The number of carbonyl (C=O) groups is 1. The zero-order chi connectivity index (χ0) is 15.4. The van der Waals surface area contributed by atoms with Crippen molar-refractivity contribution in [1.29, 1.82) is 0 Å². The lowest BCUT2D eigenvalue weighted by Crippen LogP contribution is -2.09. The SMILES string of the molecule is Cc1ncc(C(=O)Nc2ccc(Oc3ccccc3)cc2)s1. The first-order valence-corrected chi connectivity index (χ1v) is 7.59. The summed E-state index contributed by atoms with van der Waals surface area (Å²) in [6.45, 7) is 1.87. The van der Waals surface area contributed by atoms with E-state index >= 15 is 0 Å². The van der Waals surface area contributed by atoms with E-state index in [1.807, 2.05) is 61.5 Å². The van der Waals surface area contributed by atoms with Gasteiger partial charge in [0.15, 0.2) is 0 Å². The molecule has 22 heavy (non-hydrogen) atoms. The predicted octanol–water partition coefficient (Wildman–Crippen LogP) is 4.50. The number of carbonyl (C=O) groups excluding carboxylic acids is 1. The smallest absolute Gasteiger partial charge is 0.267 e. The van der Waals surface area contributed by atoms with Crippen molar-refractivity contribution in [1.82, 2.24) is 4.98 Å². The van der Waals surface area contributed by atoms with E-state index in [0.29, 0.717) is 4.88 Å². The molecule has 0 fully saturated rings. The van der Waals surface area contributed by atoms with Gasteiger partial charge in [-0.1, -0.05) is 18.2 Å². The molecule has 0 spiro atoms. The second kappa shape index (κ2) is 6.41. The molecule has 2 aromatic carbocycles. The monoisotopic (exact) mass is 310 g/mol. The molecule has 3 rings (SSSR count). The van der Waals surface area contributed by atoms with Crippen molar-refractivity contribution in [2.45, 2.75) is 6.92 Å². The van der Waals surface area contributed by atoms with Crippen LogP contribution in [0.3, 0.4) is 0 Å². The lowest BCUT2D eigenvalue weighted by Gasteiger charge is -2.07. The predicted molar refractivity (Wildman–Crippen MR) is 87.8 cm³/mol. The number of anilines is 1. The number of amides is 1. The normalized spacial score (nSPS) is 10.2. The van der Waals surface area contributed by atoms with E-state index < -0.39 is 0 Å². The van der Waals surface area contributed by atoms with Crippen molar-refractivity contribution < 1.29 is 9.53 Å². The first-order valence-electron chi connectivity index (χ1n) is 6.77. The molecule has 3 aromatic rings. The van der Waals surface area contributed by atoms with Gasteiger partial charge in [-0.25, -0.2) is 4.98 Å². The minimum absolute atomic E-state index is 0.151. The Kier molecular flexibility index (Phi) is 4.16. The maximum Gasteiger partial charge on any atom is 0.267 e. The Morgan fingerprint density at radius 1 is 1.05 bits per heavy atom. The number of nitrogens with zero attached hydrogens (tertiary/aromatic N) is 1. The molecule has 110 valence electrons. The molecular weight excluding hydrogens is 296 g/mol. The fraction of sp³-hybridized carbons (Fsp3) is 0.0588. The summed E-state index contributed by atoms with van der Waals surface area (Å²) in [5.74, 6) is 1.35. The molecule has 0 unspecified atom stereocenters. The Bertz CT molecular complexity index is 767. The number of hydrogen-bond donors (Lipinski definition) is 1. The summed E-state index contributed by atoms with van der Waals surface area (Å²) in [4.78, 5) is 16.7. The van der Waals surface area contributed by atoms with Gasteiger partial charge >= 0.3 is 0 Å². The van der Waals surface area contributed by atoms with Crippen LogP contribution in [0.25, 0.3) is 0 Å². The van der Waals surface area contributed by atoms with Gasteiger partial charge in [0.1, 0.15) is 16.4 Å². The van der Waals surface area contributed by atoms with E-state index in [2.05, 4.69) is 10.3 Å². The van der Waals surface area contributed by atoms with Crippen LogP contribution in [-0.2, 0) is 0 Å². The number of aromatic nitrogens is 1. The number of aryl methyl sites for hydroxylation is 1. The molecule has 1 heterocycles. The van der Waals surface area contributed by atoms with Gasteiger partial charge in [-0.05, 0) is 43.3 Å². The van der Waals surface area contributed by atoms with E-state index in [-0.39, 0.29) is 5.91 Å². The van der Waals surface area contributed by atoms with Gasteiger partial charge in [-0.3, -0.25) is 4.79 Å². The first-order chi connectivity index (χ1) is 10.7. The lowest BCUT2D eigenvalue weighted by atomic mass is 10.3. The Balaban J connectivity index is 1.65. The van der Waals surface area contributed by atoms with Crippen LogP contribution in [0.5, 0.6) is 11.5 Å². The molecular formula is C17H14N2O2S. The zero-order valence-corrected chi connectivity index (χ0v) is 12.8. The highest BCUT2D eigenvalue weighted by atomic mass is 32.1. The van der Waals surface area contributed by atoms with E-state index in [9.17, 15) is 4.79 Å². The quantitative estimate of drug-likeness (QED) is 0.772. The van der Waals surface area contributed by atoms with E-state index in [1.54, 1.807) is 6.20 Å². The first kappa shape index (κ1) is 14.3. The van der Waals surface area contributed by atoms with Crippen molar-refractivity contribution in [2.75, 3.05) is 5.32 Å². The number of nitrogens with one attached hydrogen (secondary N) is 1. The summed E-state index contributed by atoms with van der Waals surface area (Å²) < 4.78 is 5.71. The maximum absolute atomic E-state index is 12.0. The number of ether oxygens (including phenoxy) is 1. The summed E-state index contributed by atoms with van der Waals surface area (Å²) in [6.07, 6.45) is 1.59. The minimum Gasteiger partial charge on any atom is -0.457 e. The largest absolute Gasteiger partial charge is 0.457 e. The van der Waals surface area contributed by atoms with Crippen LogP contribution in [0, 0.1) is 6.92 Å². The molecule has 1 N–H and O–H groups in total. The van der Waals surface area contributed by atoms with Gasteiger partial charge < -0.3 is 10.1 Å². The molecule has 1 amide bonds. The van der Waals surface area contributed by atoms with Crippen LogP contribution in [0.15, 0.2) is 60.8 Å². The summed E-state index contributed by atoms with van der Waals surface area (Å²) in [5.41, 5.74) is 0.719. The van der Waals surface area contributed by atoms with Crippen molar-refractivity contribution in [3.63, 3.8) is 0 Å². The van der Waals surface area contributed by atoms with Gasteiger partial charge in [0, 0.05) is 5.69 Å². The highest BCUT2D eigenvalue weighted by Crippen LogP contribution is 2.23. The van der Waals surface area contributed by atoms with Crippen LogP contribution in [0.2, 0.25) is 0 Å². The van der Waals surface area contributed by atoms with Crippen LogP contribution < -0.4 is 10.1 Å². The summed E-state index contributed by atoms with van der Waals surface area (Å²) in [5, 5.41) is 3.71. The summed E-state index contributed by atoms with van der Waals surface area (Å²) in [7, 11) is 0. The Labute approximate surface area is 132 Å². The average Bonchev–Trinajstić information content (AvgIpc) is 2.97. The standard InChI is InChI=1S/C17H14N2O2S/c1-12-18-11-16(22-12)17(20)19-13-7-9-15(10-8-13)21-14-5-3-2-4-6-14/h2-11H,1H3,(H,19,20). The summed E-state index contributed by atoms with van der Waals surface area (Å²) in [6, 6.07) is 16.8. The molecule has 0 saturated carbocycles. The van der Waals surface area contributed by atoms with Gasteiger partial charge in [-0.2, -0.15) is 0 Å². The van der Waals surface area contributed by atoms with Gasteiger partial charge in [0.2, 0.25) is 0 Å². The molecule has 0 atom stereocenters. The maximum atomic E-state index is 12.0. The molecule has 0 aliphatic heterocycles. The molecule has 0 aliphatic rings. The minimum atomic E-state index is -0.151. The highest BCUT2D eigenvalue weighted by molar-refractivity contribution is 7.13. The van der Waals surface area contributed by atoms with Crippen LogP contribution in [-0.4, -0.2) is 10.9 Å². The van der Waals surface area contributed by atoms with Gasteiger partial charge in [0.25, 0.3) is 5.91 Å². The van der Waals surface area contributed by atoms with E-state index in [4.69, 9.17) is 4.74 Å². The second-order valence-corrected chi connectivity index (χ2v) is 5.87. The van der Waals surface area contributed by atoms with Crippen LogP contribution in [0.1, 0.15) is 14.7 Å². The third-order valence-corrected chi connectivity index (χ3v) is 3.85. The van der Waals surface area contributed by atoms with Gasteiger partial charge in [-0.15, -0.1) is 11.3 Å². The van der Waals surface area contributed by atoms with Crippen molar-refractivity contribution >= 4 is 22.9 Å². The van der Waals surface area contributed by atoms with Crippen molar-refractivity contribution in [3.8, 4) is 11.5 Å². The van der Waals surface area contributed by atoms with Crippen molar-refractivity contribution in [2.24, 2.45) is 0 Å². The molecule has 1 aromatic heterocycles. The Morgan fingerprint density at radius 2 is 1.73 bits per heavy atom. The second-order valence-electron chi connectivity index (χ2n) is 4.64. The molecule has 5 heteroatoms. The number of benzene rings is 2. The molecule has 0 bridgehead atoms. The number of hydrogen-bond acceptors (Lipinski definition) is 4. The van der Waals surface area contributed by atoms with Crippen molar-refractivity contribution in [3.05, 3.63) is 70.7 Å². The highest BCUT2D eigenvalue weighted by Gasteiger charge is 2.09. The number of para-hydroxylation sites is 1. The topological polar surface area (TPSA) is 51.2 Å². The van der Waals surface area contributed by atoms with E-state index in [0.717, 1.165) is 22.2 Å². The lowest BCUT2D eigenvalue weighted by molar-refractivity contribution is 0.103. The molecule has 0 saturated heterocycles. The Morgan fingerprint density at radius 3 is 2.36 bits per heavy atom. The van der Waals surface area contributed by atoms with E-state index in [1.165, 1.54) is 11.3 Å².